The molecule has 6 aliphatic rings. The first-order valence-electron chi connectivity index (χ1n) is 17.5. The molecule has 7 N–H and O–H groups in total. The van der Waals surface area contributed by atoms with Gasteiger partial charge >= 0.3 is 5.97 Å². The molecule has 1 saturated heterocycles. The normalized spacial score (nSPS) is 56.4. The van der Waals surface area contributed by atoms with Gasteiger partial charge in [0.05, 0.1) is 29.8 Å². The quantitative estimate of drug-likeness (QED) is 0.177. The molecule has 5 fully saturated rings. The highest BCUT2D eigenvalue weighted by molar-refractivity contribution is 5.79. The average Bonchev–Trinajstić information content (AvgIpc) is 2.98. The fourth-order valence-corrected chi connectivity index (χ4v) is 12.4. The molecule has 10 heteroatoms. The van der Waals surface area contributed by atoms with E-state index in [4.69, 9.17) is 9.47 Å². The summed E-state index contributed by atoms with van der Waals surface area (Å²) in [6.07, 6.45) is -1.65. The third kappa shape index (κ3) is 4.39. The molecule has 1 aliphatic heterocycles. The van der Waals surface area contributed by atoms with Gasteiger partial charge < -0.3 is 45.2 Å². The number of carbonyl (C=O) groups excluding carboxylic acids is 1. The van der Waals surface area contributed by atoms with E-state index in [0.29, 0.717) is 32.1 Å². The Morgan fingerprint density at radius 1 is 0.913 bits per heavy atom. The summed E-state index contributed by atoms with van der Waals surface area (Å²) in [6.45, 7) is 14.4. The highest BCUT2D eigenvalue weighted by Crippen LogP contribution is 2.76. The van der Waals surface area contributed by atoms with E-state index < -0.39 is 77.8 Å². The van der Waals surface area contributed by atoms with Crippen LogP contribution in [0.2, 0.25) is 0 Å². The van der Waals surface area contributed by atoms with Crippen LogP contribution in [0.3, 0.4) is 0 Å². The van der Waals surface area contributed by atoms with Crippen LogP contribution in [-0.4, -0.2) is 96.8 Å². The number of hydrogen-bond donors (Lipinski definition) is 7. The molecular weight excluding hydrogens is 592 g/mol. The first-order chi connectivity index (χ1) is 21.2. The predicted molar refractivity (Wildman–Crippen MR) is 168 cm³/mol. The minimum Gasteiger partial charge on any atom is -0.432 e. The van der Waals surface area contributed by atoms with Crippen molar-refractivity contribution in [2.45, 2.75) is 148 Å². The first-order valence-corrected chi connectivity index (χ1v) is 17.5. The number of allylic oxidation sites excluding steroid dienone is 1. The first kappa shape index (κ1) is 34.7. The van der Waals surface area contributed by atoms with Crippen LogP contribution in [0.5, 0.6) is 0 Å². The van der Waals surface area contributed by atoms with Crippen molar-refractivity contribution in [2.24, 2.45) is 50.7 Å². The second-order valence-electron chi connectivity index (χ2n) is 17.7. The van der Waals surface area contributed by atoms with E-state index in [-0.39, 0.29) is 34.0 Å². The molecule has 5 aliphatic carbocycles. The lowest BCUT2D eigenvalue weighted by Gasteiger charge is -2.72. The molecule has 4 saturated carbocycles. The molecule has 6 rings (SSSR count). The molecule has 0 aromatic rings. The topological polar surface area (TPSA) is 177 Å². The van der Waals surface area contributed by atoms with Crippen molar-refractivity contribution in [3.63, 3.8) is 0 Å². The molecular formula is C36H58O10. The van der Waals surface area contributed by atoms with Crippen LogP contribution >= 0.6 is 0 Å². The molecule has 1 heterocycles. The highest BCUT2D eigenvalue weighted by atomic mass is 16.7. The Kier molecular flexibility index (Phi) is 8.27. The zero-order valence-electron chi connectivity index (χ0n) is 28.6. The van der Waals surface area contributed by atoms with Gasteiger partial charge in [0.1, 0.15) is 24.4 Å². The van der Waals surface area contributed by atoms with Crippen molar-refractivity contribution < 1.29 is 50.0 Å². The Balaban J connectivity index is 1.39. The monoisotopic (exact) mass is 650 g/mol. The highest BCUT2D eigenvalue weighted by Gasteiger charge is 2.72. The minimum atomic E-state index is -1.70. The molecule has 0 radical (unpaired) electrons. The van der Waals surface area contributed by atoms with Crippen LogP contribution in [0.25, 0.3) is 0 Å². The zero-order valence-corrected chi connectivity index (χ0v) is 28.6. The summed E-state index contributed by atoms with van der Waals surface area (Å²) >= 11 is 0. The number of fused-ring (bicyclic) bond motifs is 7. The molecule has 46 heavy (non-hydrogen) atoms. The smallest absolute Gasteiger partial charge is 0.315 e. The summed E-state index contributed by atoms with van der Waals surface area (Å²) in [7, 11) is 0. The summed E-state index contributed by atoms with van der Waals surface area (Å²) in [5.41, 5.74) is -2.44. The van der Waals surface area contributed by atoms with Gasteiger partial charge in [-0.15, -0.1) is 0 Å². The van der Waals surface area contributed by atoms with Crippen molar-refractivity contribution >= 4 is 5.97 Å². The third-order valence-electron chi connectivity index (χ3n) is 15.5. The third-order valence-corrected chi connectivity index (χ3v) is 15.5. The maximum absolute atomic E-state index is 14.5. The number of aliphatic hydroxyl groups excluding tert-OH is 6. The number of hydrogen-bond acceptors (Lipinski definition) is 10. The van der Waals surface area contributed by atoms with Gasteiger partial charge in [0.15, 0.2) is 0 Å². The number of ether oxygens (including phenoxy) is 2. The van der Waals surface area contributed by atoms with Crippen LogP contribution in [0, 0.1) is 50.7 Å². The lowest BCUT2D eigenvalue weighted by atomic mass is 9.33. The Labute approximate surface area is 273 Å². The van der Waals surface area contributed by atoms with Gasteiger partial charge in [-0.2, -0.15) is 0 Å². The fraction of sp³-hybridized carbons (Fsp3) is 0.917. The van der Waals surface area contributed by atoms with Crippen LogP contribution < -0.4 is 0 Å². The van der Waals surface area contributed by atoms with Gasteiger partial charge in [-0.25, -0.2) is 0 Å². The number of rotatable bonds is 3. The molecule has 16 atom stereocenters. The molecule has 0 aromatic heterocycles. The van der Waals surface area contributed by atoms with Gasteiger partial charge in [-0.1, -0.05) is 53.2 Å². The number of aliphatic hydroxyl groups is 7. The fourth-order valence-electron chi connectivity index (χ4n) is 12.4. The zero-order chi connectivity index (χ0) is 34.0. The SMILES string of the molecule is CC1CCC2(C(=O)O[C@@H]3O[C@H](CO)[C@@H](O)[C@H](O)[C@H]3O)CC[C@]3(C)C(=CCC4C5(C)C[C@@H](O)C(O)C(C)(C)[C@@H]5CCC43C)C2[C@]1(C)O. The van der Waals surface area contributed by atoms with Crippen LogP contribution in [0.15, 0.2) is 11.6 Å². The van der Waals surface area contributed by atoms with Crippen molar-refractivity contribution in [3.05, 3.63) is 11.6 Å². The number of carbonyl (C=O) groups is 1. The standard InChI is InChI=1S/C36H58O10/c1-18-10-13-36(30(43)46-29-26(41)25(40)24(39)21(17-37)45-29)15-14-33(5)19(27(36)35(18,7)44)8-9-23-32(4)16-20(38)28(42)31(2,3)22(32)11-12-34(23,33)6/h8,18,20-29,37-42,44H,9-17H2,1-7H3/t18?,20-,21-,22+,23?,24-,25+,26-,27?,28?,29+,32?,33-,34?,35-,36?/m1/s1. The minimum absolute atomic E-state index is 0.0940. The molecule has 262 valence electrons. The van der Waals surface area contributed by atoms with E-state index in [1.165, 1.54) is 0 Å². The van der Waals surface area contributed by atoms with Gasteiger partial charge in [-0.3, -0.25) is 4.79 Å². The predicted octanol–water partition coefficient (Wildman–Crippen LogP) is 2.43. The average molecular weight is 651 g/mol. The summed E-state index contributed by atoms with van der Waals surface area (Å²) < 4.78 is 11.5. The Hall–Kier alpha value is -1.11. The van der Waals surface area contributed by atoms with Gasteiger partial charge in [0.2, 0.25) is 6.29 Å². The van der Waals surface area contributed by atoms with Gasteiger partial charge in [0, 0.05) is 5.92 Å². The van der Waals surface area contributed by atoms with Crippen molar-refractivity contribution in [3.8, 4) is 0 Å². The van der Waals surface area contributed by atoms with E-state index >= 15 is 0 Å². The lowest BCUT2D eigenvalue weighted by molar-refractivity contribution is -0.299. The van der Waals surface area contributed by atoms with Crippen molar-refractivity contribution in [1.82, 2.24) is 0 Å². The molecule has 0 amide bonds. The van der Waals surface area contributed by atoms with E-state index in [1.54, 1.807) is 0 Å². The molecule has 7 unspecified atom stereocenters. The Morgan fingerprint density at radius 3 is 2.24 bits per heavy atom. The second-order valence-corrected chi connectivity index (χ2v) is 17.7. The Morgan fingerprint density at radius 2 is 1.59 bits per heavy atom. The molecule has 0 spiro atoms. The Bertz CT molecular complexity index is 1250. The second kappa shape index (κ2) is 10.9. The van der Waals surface area contributed by atoms with Gasteiger partial charge in [0.25, 0.3) is 0 Å². The van der Waals surface area contributed by atoms with E-state index in [2.05, 4.69) is 40.7 Å². The van der Waals surface area contributed by atoms with Crippen molar-refractivity contribution in [2.75, 3.05) is 6.61 Å². The maximum atomic E-state index is 14.5. The summed E-state index contributed by atoms with van der Waals surface area (Å²) in [4.78, 5) is 14.5. The van der Waals surface area contributed by atoms with Crippen molar-refractivity contribution in [1.29, 1.82) is 0 Å². The molecule has 0 bridgehead atoms. The lowest BCUT2D eigenvalue weighted by Crippen LogP contribution is -2.69. The largest absolute Gasteiger partial charge is 0.432 e. The molecule has 0 aromatic carbocycles. The van der Waals surface area contributed by atoms with E-state index in [9.17, 15) is 40.5 Å². The van der Waals surface area contributed by atoms with Gasteiger partial charge in [-0.05, 0) is 97.7 Å². The van der Waals surface area contributed by atoms with Crippen LogP contribution in [0.4, 0.5) is 0 Å². The van der Waals surface area contributed by atoms with E-state index in [0.717, 1.165) is 24.8 Å². The number of esters is 1. The summed E-state index contributed by atoms with van der Waals surface area (Å²) in [6, 6.07) is 0. The summed E-state index contributed by atoms with van der Waals surface area (Å²) in [5.74, 6) is -0.787. The summed E-state index contributed by atoms with van der Waals surface area (Å²) in [5, 5.41) is 75.6. The molecule has 10 nitrogen and oxygen atoms in total. The van der Waals surface area contributed by atoms with Crippen LogP contribution in [-0.2, 0) is 14.3 Å². The maximum Gasteiger partial charge on any atom is 0.315 e. The van der Waals surface area contributed by atoms with Crippen LogP contribution in [0.1, 0.15) is 99.8 Å². The van der Waals surface area contributed by atoms with E-state index in [1.807, 2.05) is 13.8 Å².